The van der Waals surface area contributed by atoms with Gasteiger partial charge in [-0.1, -0.05) is 44.4 Å². The number of nitrogen functional groups attached to an aromatic ring is 1. The van der Waals surface area contributed by atoms with Crippen LogP contribution in [-0.2, 0) is 6.42 Å². The summed E-state index contributed by atoms with van der Waals surface area (Å²) in [5, 5.41) is 8.42. The number of benzene rings is 2. The third-order valence-electron chi connectivity index (χ3n) is 4.12. The van der Waals surface area contributed by atoms with Crippen LogP contribution in [0.2, 0.25) is 0 Å². The molecule has 0 aliphatic rings. The first-order valence-corrected chi connectivity index (χ1v) is 8.15. The van der Waals surface area contributed by atoms with Gasteiger partial charge in [-0.25, -0.2) is 4.39 Å². The van der Waals surface area contributed by atoms with Gasteiger partial charge < -0.3 is 11.1 Å². The molecule has 2 rings (SSSR count). The predicted octanol–water partition coefficient (Wildman–Crippen LogP) is 5.73. The van der Waals surface area contributed by atoms with E-state index >= 15 is 0 Å². The normalized spacial score (nSPS) is 10.8. The maximum atomic E-state index is 13.8. The Labute approximate surface area is 148 Å². The molecule has 0 fully saturated rings. The molecule has 25 heavy (non-hydrogen) atoms. The maximum absolute atomic E-state index is 13.8. The van der Waals surface area contributed by atoms with Gasteiger partial charge in [-0.05, 0) is 59.9 Å². The number of allylic oxidation sites excluding steroid dienone is 2. The third kappa shape index (κ3) is 3.94. The van der Waals surface area contributed by atoms with E-state index in [-0.39, 0.29) is 5.82 Å². The summed E-state index contributed by atoms with van der Waals surface area (Å²) in [5.74, 6) is -0.295. The Balaban J connectivity index is 2.41. The third-order valence-corrected chi connectivity index (χ3v) is 4.12. The number of halogens is 1. The fraction of sp³-hybridized carbons (Fsp3) is 0.136. The first-order chi connectivity index (χ1) is 11.9. The molecular formula is C22H23FN2. The first kappa shape index (κ1) is 18.4. The zero-order chi connectivity index (χ0) is 18.6. The second-order valence-electron chi connectivity index (χ2n) is 5.92. The Morgan fingerprint density at radius 1 is 1.28 bits per heavy atom. The molecule has 0 radical (unpaired) electrons. The molecule has 3 N–H and O–H groups in total. The summed E-state index contributed by atoms with van der Waals surface area (Å²) in [4.78, 5) is 0. The number of rotatable bonds is 6. The molecule has 0 bridgehead atoms. The Morgan fingerprint density at radius 3 is 2.60 bits per heavy atom. The van der Waals surface area contributed by atoms with Crippen LogP contribution in [0.1, 0.15) is 41.7 Å². The number of nitrogens with one attached hydrogen (secondary N) is 1. The van der Waals surface area contributed by atoms with Gasteiger partial charge in [0.05, 0.1) is 5.71 Å². The van der Waals surface area contributed by atoms with E-state index in [1.54, 1.807) is 43.4 Å². The molecule has 0 saturated carbocycles. The van der Waals surface area contributed by atoms with Crippen LogP contribution in [-0.4, -0.2) is 5.71 Å². The molecule has 0 heterocycles. The maximum Gasteiger partial charge on any atom is 0.130 e. The van der Waals surface area contributed by atoms with Crippen molar-refractivity contribution in [3.8, 4) is 0 Å². The van der Waals surface area contributed by atoms with Gasteiger partial charge in [-0.15, -0.1) is 0 Å². The van der Waals surface area contributed by atoms with Gasteiger partial charge in [0.1, 0.15) is 5.82 Å². The number of hydrogen-bond acceptors (Lipinski definition) is 2. The van der Waals surface area contributed by atoms with Crippen molar-refractivity contribution in [1.29, 1.82) is 5.41 Å². The van der Waals surface area contributed by atoms with Crippen LogP contribution < -0.4 is 5.73 Å². The highest BCUT2D eigenvalue weighted by molar-refractivity contribution is 6.13. The number of anilines is 1. The molecule has 3 heteroatoms. The number of hydrogen-bond donors (Lipinski definition) is 2. The van der Waals surface area contributed by atoms with Crippen molar-refractivity contribution in [2.45, 2.75) is 20.3 Å². The van der Waals surface area contributed by atoms with Crippen LogP contribution >= 0.6 is 0 Å². The monoisotopic (exact) mass is 334 g/mol. The van der Waals surface area contributed by atoms with E-state index in [0.29, 0.717) is 22.5 Å². The van der Waals surface area contributed by atoms with Crippen molar-refractivity contribution in [1.82, 2.24) is 0 Å². The molecule has 0 aromatic heterocycles. The Bertz CT molecular complexity index is 876. The average molecular weight is 334 g/mol. The van der Waals surface area contributed by atoms with Crippen molar-refractivity contribution in [3.63, 3.8) is 0 Å². The molecule has 0 spiro atoms. The minimum atomic E-state index is -0.295. The minimum Gasteiger partial charge on any atom is -0.398 e. The lowest BCUT2D eigenvalue weighted by Gasteiger charge is -2.13. The van der Waals surface area contributed by atoms with E-state index in [2.05, 4.69) is 13.2 Å². The lowest BCUT2D eigenvalue weighted by molar-refractivity contribution is 0.624. The van der Waals surface area contributed by atoms with Gasteiger partial charge in [-0.2, -0.15) is 0 Å². The van der Waals surface area contributed by atoms with E-state index in [1.807, 2.05) is 13.0 Å². The van der Waals surface area contributed by atoms with Gasteiger partial charge in [0, 0.05) is 16.8 Å². The molecule has 0 amide bonds. The molecule has 0 unspecified atom stereocenters. The molecule has 0 aliphatic carbocycles. The fourth-order valence-corrected chi connectivity index (χ4v) is 2.81. The standard InChI is InChI=1S/C22H23FN2/c1-5-16-9-12-21(25)22(17(16)6-2)20(24)11-8-15-7-10-19(23)18(13-15)14(3)4/h5,7-13,24H,1,3,6,25H2,2,4H3/b11-8+,24-20?. The van der Waals surface area contributed by atoms with E-state index in [1.165, 1.54) is 6.07 Å². The van der Waals surface area contributed by atoms with Gasteiger partial charge in [0.25, 0.3) is 0 Å². The molecule has 2 nitrogen and oxygen atoms in total. The zero-order valence-corrected chi connectivity index (χ0v) is 14.7. The summed E-state index contributed by atoms with van der Waals surface area (Å²) < 4.78 is 13.8. The lowest BCUT2D eigenvalue weighted by atomic mass is 9.93. The lowest BCUT2D eigenvalue weighted by Crippen LogP contribution is -2.07. The van der Waals surface area contributed by atoms with Crippen LogP contribution in [0.4, 0.5) is 10.1 Å². The van der Waals surface area contributed by atoms with Gasteiger partial charge >= 0.3 is 0 Å². The van der Waals surface area contributed by atoms with Crippen LogP contribution in [0.15, 0.2) is 49.6 Å². The highest BCUT2D eigenvalue weighted by Crippen LogP contribution is 2.25. The Morgan fingerprint density at radius 2 is 2.00 bits per heavy atom. The molecule has 2 aromatic carbocycles. The van der Waals surface area contributed by atoms with Crippen molar-refractivity contribution >= 4 is 29.1 Å². The first-order valence-electron chi connectivity index (χ1n) is 8.15. The second-order valence-corrected chi connectivity index (χ2v) is 5.92. The molecular weight excluding hydrogens is 311 g/mol. The van der Waals surface area contributed by atoms with E-state index < -0.39 is 0 Å². The summed E-state index contributed by atoms with van der Waals surface area (Å²) in [6.07, 6.45) is 6.01. The average Bonchev–Trinajstić information content (AvgIpc) is 2.59. The quantitative estimate of drug-likeness (QED) is 0.514. The van der Waals surface area contributed by atoms with Gasteiger partial charge in [0.15, 0.2) is 0 Å². The Kier molecular flexibility index (Phi) is 5.71. The fourth-order valence-electron chi connectivity index (χ4n) is 2.81. The van der Waals surface area contributed by atoms with E-state index in [0.717, 1.165) is 28.7 Å². The van der Waals surface area contributed by atoms with Crippen LogP contribution in [0.3, 0.4) is 0 Å². The summed E-state index contributed by atoms with van der Waals surface area (Å²) >= 11 is 0. The topological polar surface area (TPSA) is 49.9 Å². The molecule has 0 saturated heterocycles. The molecule has 0 atom stereocenters. The molecule has 0 aliphatic heterocycles. The summed E-state index contributed by atoms with van der Waals surface area (Å²) in [6.45, 7) is 11.4. The summed E-state index contributed by atoms with van der Waals surface area (Å²) in [6, 6.07) is 8.53. The van der Waals surface area contributed by atoms with E-state index in [9.17, 15) is 4.39 Å². The largest absolute Gasteiger partial charge is 0.398 e. The van der Waals surface area contributed by atoms with Gasteiger partial charge in [0.2, 0.25) is 0 Å². The van der Waals surface area contributed by atoms with Crippen LogP contribution in [0.5, 0.6) is 0 Å². The minimum absolute atomic E-state index is 0.295. The van der Waals surface area contributed by atoms with Gasteiger partial charge in [-0.3, -0.25) is 0 Å². The van der Waals surface area contributed by atoms with Crippen molar-refractivity contribution < 1.29 is 4.39 Å². The summed E-state index contributed by atoms with van der Waals surface area (Å²) in [7, 11) is 0. The highest BCUT2D eigenvalue weighted by Gasteiger charge is 2.12. The Hall–Kier alpha value is -2.94. The zero-order valence-electron chi connectivity index (χ0n) is 14.7. The SMILES string of the molecule is C=Cc1ccc(N)c(C(=N)/C=C/c2ccc(F)c(C(=C)C)c2)c1CC. The van der Waals surface area contributed by atoms with Crippen molar-refractivity contribution in [3.05, 3.63) is 83.2 Å². The van der Waals surface area contributed by atoms with Crippen molar-refractivity contribution in [2.24, 2.45) is 0 Å². The number of nitrogens with two attached hydrogens (primary N) is 1. The van der Waals surface area contributed by atoms with Crippen LogP contribution in [0.25, 0.3) is 17.7 Å². The van der Waals surface area contributed by atoms with Crippen LogP contribution in [0, 0.1) is 11.2 Å². The summed E-state index contributed by atoms with van der Waals surface area (Å²) in [5.41, 5.74) is 11.7. The van der Waals surface area contributed by atoms with E-state index in [4.69, 9.17) is 11.1 Å². The smallest absolute Gasteiger partial charge is 0.130 e. The molecule has 128 valence electrons. The second kappa shape index (κ2) is 7.75. The molecule has 2 aromatic rings. The highest BCUT2D eigenvalue weighted by atomic mass is 19.1. The predicted molar refractivity (Wildman–Crippen MR) is 107 cm³/mol. The van der Waals surface area contributed by atoms with Crippen molar-refractivity contribution in [2.75, 3.05) is 5.73 Å².